The molecular weight excluding hydrogens is 412 g/mol. The Morgan fingerprint density at radius 1 is 1.03 bits per heavy atom. The van der Waals surface area contributed by atoms with Crippen molar-refractivity contribution in [1.29, 1.82) is 0 Å². The average molecular weight is 430 g/mol. The van der Waals surface area contributed by atoms with Crippen molar-refractivity contribution in [3.05, 3.63) is 95.5 Å². The van der Waals surface area contributed by atoms with E-state index in [1.165, 1.54) is 0 Å². The maximum Gasteiger partial charge on any atom is 0.291 e. The van der Waals surface area contributed by atoms with Crippen LogP contribution in [0.5, 0.6) is 0 Å². The zero-order valence-corrected chi connectivity index (χ0v) is 17.4. The standard InChI is InChI=1S/C24H18N2O4S/c1-31(28,29)16-21-20-10-2-3-11-22(20)30-23(21)24(27)26-19-9-6-7-17(15-19)12-13-18-8-4-5-14-25-18/h2-11,14-15H,16H2,1H3,(H,26,27). The van der Waals surface area contributed by atoms with Gasteiger partial charge in [0.1, 0.15) is 11.3 Å². The molecule has 6 nitrogen and oxygen atoms in total. The first-order valence-electron chi connectivity index (χ1n) is 9.42. The summed E-state index contributed by atoms with van der Waals surface area (Å²) in [7, 11) is -3.37. The molecule has 0 saturated heterocycles. The number of carbonyl (C=O) groups excluding carboxylic acids is 1. The Morgan fingerprint density at radius 2 is 1.84 bits per heavy atom. The number of hydrogen-bond donors (Lipinski definition) is 1. The lowest BCUT2D eigenvalue weighted by atomic mass is 10.1. The molecule has 0 aliphatic heterocycles. The van der Waals surface area contributed by atoms with Gasteiger partial charge in [0.15, 0.2) is 15.6 Å². The number of para-hydroxylation sites is 1. The molecule has 1 N–H and O–H groups in total. The van der Waals surface area contributed by atoms with Crippen molar-refractivity contribution in [2.75, 3.05) is 11.6 Å². The first kappa shape index (κ1) is 20.4. The minimum Gasteiger partial charge on any atom is -0.451 e. The number of anilines is 1. The molecule has 2 aromatic heterocycles. The van der Waals surface area contributed by atoms with Crippen molar-refractivity contribution in [1.82, 2.24) is 4.98 Å². The van der Waals surface area contributed by atoms with E-state index in [4.69, 9.17) is 4.42 Å². The number of furan rings is 1. The third kappa shape index (κ3) is 5.00. The number of fused-ring (bicyclic) bond motifs is 1. The predicted molar refractivity (Wildman–Crippen MR) is 119 cm³/mol. The third-order valence-electron chi connectivity index (χ3n) is 4.43. The molecule has 0 atom stereocenters. The van der Waals surface area contributed by atoms with Gasteiger partial charge in [-0.3, -0.25) is 4.79 Å². The quantitative estimate of drug-likeness (QED) is 0.494. The van der Waals surface area contributed by atoms with Gasteiger partial charge < -0.3 is 9.73 Å². The van der Waals surface area contributed by atoms with Gasteiger partial charge in [-0.2, -0.15) is 0 Å². The molecule has 0 bridgehead atoms. The molecule has 2 aromatic carbocycles. The van der Waals surface area contributed by atoms with Gasteiger partial charge in [-0.05, 0) is 42.3 Å². The van der Waals surface area contributed by atoms with E-state index in [-0.39, 0.29) is 11.5 Å². The molecule has 0 fully saturated rings. The zero-order chi connectivity index (χ0) is 21.8. The Kier molecular flexibility index (Phi) is 5.56. The summed E-state index contributed by atoms with van der Waals surface area (Å²) in [4.78, 5) is 17.1. The lowest BCUT2D eigenvalue weighted by Crippen LogP contribution is -2.14. The molecule has 154 valence electrons. The van der Waals surface area contributed by atoms with E-state index < -0.39 is 15.7 Å². The minimum absolute atomic E-state index is 0.0170. The first-order valence-corrected chi connectivity index (χ1v) is 11.5. The van der Waals surface area contributed by atoms with Gasteiger partial charge in [-0.25, -0.2) is 13.4 Å². The molecule has 0 saturated carbocycles. The van der Waals surface area contributed by atoms with Gasteiger partial charge in [0.05, 0.1) is 5.75 Å². The number of pyridine rings is 1. The molecule has 1 amide bonds. The number of nitrogens with zero attached hydrogens (tertiary/aromatic N) is 1. The smallest absolute Gasteiger partial charge is 0.291 e. The number of hydrogen-bond acceptors (Lipinski definition) is 5. The fraction of sp³-hybridized carbons (Fsp3) is 0.0833. The van der Waals surface area contributed by atoms with Gasteiger partial charge in [0.2, 0.25) is 0 Å². The number of rotatable bonds is 4. The second-order valence-electron chi connectivity index (χ2n) is 6.98. The van der Waals surface area contributed by atoms with Crippen molar-refractivity contribution < 1.29 is 17.6 Å². The van der Waals surface area contributed by atoms with Gasteiger partial charge >= 0.3 is 0 Å². The highest BCUT2D eigenvalue weighted by Gasteiger charge is 2.23. The number of benzene rings is 2. The Bertz CT molecular complexity index is 1430. The molecular formula is C24H18N2O4S. The normalized spacial score (nSPS) is 11.0. The second kappa shape index (κ2) is 8.46. The van der Waals surface area contributed by atoms with Crippen LogP contribution in [0.1, 0.15) is 27.4 Å². The summed E-state index contributed by atoms with van der Waals surface area (Å²) in [6.45, 7) is 0. The van der Waals surface area contributed by atoms with Crippen LogP contribution in [0.15, 0.2) is 77.3 Å². The van der Waals surface area contributed by atoms with Crippen LogP contribution in [-0.2, 0) is 15.6 Å². The van der Waals surface area contributed by atoms with Crippen LogP contribution in [0.3, 0.4) is 0 Å². The van der Waals surface area contributed by atoms with Crippen LogP contribution in [0, 0.1) is 11.8 Å². The molecule has 4 rings (SSSR count). The Labute approximate surface area is 179 Å². The number of carbonyl (C=O) groups is 1. The lowest BCUT2D eigenvalue weighted by Gasteiger charge is -2.06. The largest absolute Gasteiger partial charge is 0.451 e. The molecule has 0 aliphatic rings. The highest BCUT2D eigenvalue weighted by molar-refractivity contribution is 7.89. The number of aromatic nitrogens is 1. The van der Waals surface area contributed by atoms with Crippen molar-refractivity contribution in [2.24, 2.45) is 0 Å². The van der Waals surface area contributed by atoms with E-state index in [2.05, 4.69) is 22.1 Å². The lowest BCUT2D eigenvalue weighted by molar-refractivity contribution is 0.0998. The van der Waals surface area contributed by atoms with Crippen LogP contribution in [-0.4, -0.2) is 25.6 Å². The SMILES string of the molecule is CS(=O)(=O)Cc1c(C(=O)Nc2cccc(C#Cc3ccccn3)c2)oc2ccccc12. The van der Waals surface area contributed by atoms with Crippen LogP contribution in [0.25, 0.3) is 11.0 Å². The van der Waals surface area contributed by atoms with Crippen molar-refractivity contribution in [3.63, 3.8) is 0 Å². The molecule has 0 radical (unpaired) electrons. The molecule has 2 heterocycles. The van der Waals surface area contributed by atoms with Gasteiger partial charge in [-0.15, -0.1) is 0 Å². The molecule has 31 heavy (non-hydrogen) atoms. The minimum atomic E-state index is -3.37. The summed E-state index contributed by atoms with van der Waals surface area (Å²) < 4.78 is 29.5. The Morgan fingerprint density at radius 3 is 2.61 bits per heavy atom. The van der Waals surface area contributed by atoms with Gasteiger partial charge in [0.25, 0.3) is 5.91 Å². The maximum absolute atomic E-state index is 12.9. The molecule has 0 spiro atoms. The molecule has 4 aromatic rings. The Hall–Kier alpha value is -3.89. The average Bonchev–Trinajstić information content (AvgIpc) is 3.10. The molecule has 0 aliphatic carbocycles. The topological polar surface area (TPSA) is 89.3 Å². The van der Waals surface area contributed by atoms with Crippen LogP contribution in [0.2, 0.25) is 0 Å². The maximum atomic E-state index is 12.9. The fourth-order valence-corrected chi connectivity index (χ4v) is 3.93. The summed E-state index contributed by atoms with van der Waals surface area (Å²) in [5.74, 6) is 5.15. The van der Waals surface area contributed by atoms with E-state index in [1.54, 1.807) is 48.7 Å². The fourth-order valence-electron chi connectivity index (χ4n) is 3.12. The van der Waals surface area contributed by atoms with Crippen LogP contribution in [0.4, 0.5) is 5.69 Å². The molecule has 0 unspecified atom stereocenters. The number of sulfone groups is 1. The summed E-state index contributed by atoms with van der Waals surface area (Å²) in [5, 5.41) is 3.38. The van der Waals surface area contributed by atoms with Gasteiger partial charge in [-0.1, -0.05) is 36.3 Å². The predicted octanol–water partition coefficient (Wildman–Crippen LogP) is 4.02. The zero-order valence-electron chi connectivity index (χ0n) is 16.6. The summed E-state index contributed by atoms with van der Waals surface area (Å²) in [6.07, 6.45) is 2.79. The number of amides is 1. The first-order chi connectivity index (χ1) is 14.9. The van der Waals surface area contributed by atoms with E-state index in [1.807, 2.05) is 24.3 Å². The Balaban J connectivity index is 1.63. The van der Waals surface area contributed by atoms with Crippen LogP contribution >= 0.6 is 0 Å². The highest BCUT2D eigenvalue weighted by Crippen LogP contribution is 2.28. The van der Waals surface area contributed by atoms with E-state index in [0.29, 0.717) is 33.5 Å². The second-order valence-corrected chi connectivity index (χ2v) is 9.12. The van der Waals surface area contributed by atoms with Crippen molar-refractivity contribution in [3.8, 4) is 11.8 Å². The molecule has 7 heteroatoms. The summed E-state index contributed by atoms with van der Waals surface area (Å²) >= 11 is 0. The van der Waals surface area contributed by atoms with E-state index >= 15 is 0 Å². The highest BCUT2D eigenvalue weighted by atomic mass is 32.2. The van der Waals surface area contributed by atoms with Crippen LogP contribution < -0.4 is 5.32 Å². The van der Waals surface area contributed by atoms with Crippen molar-refractivity contribution in [2.45, 2.75) is 5.75 Å². The van der Waals surface area contributed by atoms with Crippen molar-refractivity contribution >= 4 is 32.4 Å². The van der Waals surface area contributed by atoms with E-state index in [9.17, 15) is 13.2 Å². The monoisotopic (exact) mass is 430 g/mol. The summed E-state index contributed by atoms with van der Waals surface area (Å²) in [5.41, 5.74) is 2.67. The van der Waals surface area contributed by atoms with E-state index in [0.717, 1.165) is 6.26 Å². The van der Waals surface area contributed by atoms with Gasteiger partial charge in [0, 0.05) is 34.7 Å². The summed E-state index contributed by atoms with van der Waals surface area (Å²) in [6, 6.07) is 19.5. The third-order valence-corrected chi connectivity index (χ3v) is 5.24. The number of nitrogens with one attached hydrogen (secondary N) is 1.